The van der Waals surface area contributed by atoms with Gasteiger partial charge in [0.05, 0.1) is 24.2 Å². The number of hydrogen-bond donors (Lipinski definition) is 2. The van der Waals surface area contributed by atoms with Crippen LogP contribution in [0, 0.1) is 5.82 Å². The van der Waals surface area contributed by atoms with Crippen LogP contribution < -0.4 is 21.3 Å². The van der Waals surface area contributed by atoms with Gasteiger partial charge in [-0.25, -0.2) is 9.37 Å². The van der Waals surface area contributed by atoms with Crippen molar-refractivity contribution in [3.05, 3.63) is 98.5 Å². The van der Waals surface area contributed by atoms with E-state index in [1.54, 1.807) is 31.8 Å². The largest absolute Gasteiger partial charge is 0.392 e. The van der Waals surface area contributed by atoms with Crippen LogP contribution in [0.5, 0.6) is 0 Å². The van der Waals surface area contributed by atoms with Crippen LogP contribution in [0.4, 0.5) is 21.6 Å². The van der Waals surface area contributed by atoms with Gasteiger partial charge in [-0.05, 0) is 74.2 Å². The first-order chi connectivity index (χ1) is 21.8. The number of nitrogens with one attached hydrogen (secondary N) is 1. The molecule has 1 aliphatic carbocycles. The topological polar surface area (TPSA) is 113 Å². The number of aliphatic hydroxyl groups excluding tert-OH is 1. The third-order valence-electron chi connectivity index (χ3n) is 8.99. The van der Waals surface area contributed by atoms with Crippen LogP contribution in [-0.2, 0) is 26.5 Å². The van der Waals surface area contributed by atoms with Crippen molar-refractivity contribution in [3.63, 3.8) is 0 Å². The van der Waals surface area contributed by atoms with Crippen LogP contribution in [0.15, 0.2) is 64.7 Å². The number of pyridine rings is 2. The van der Waals surface area contributed by atoms with Crippen molar-refractivity contribution in [2.24, 2.45) is 7.05 Å². The quantitative estimate of drug-likeness (QED) is 0.302. The maximum absolute atomic E-state index is 15.3. The van der Waals surface area contributed by atoms with Gasteiger partial charge in [-0.3, -0.25) is 14.0 Å². The van der Waals surface area contributed by atoms with Gasteiger partial charge in [-0.15, -0.1) is 0 Å². The van der Waals surface area contributed by atoms with E-state index >= 15 is 4.39 Å². The molecule has 5 aromatic rings. The fourth-order valence-electron chi connectivity index (χ4n) is 6.49. The molecule has 45 heavy (non-hydrogen) atoms. The summed E-state index contributed by atoms with van der Waals surface area (Å²) in [6.07, 6.45) is 8.85. The van der Waals surface area contributed by atoms with Crippen LogP contribution in [0.25, 0.3) is 22.3 Å². The first-order valence-electron chi connectivity index (χ1n) is 15.2. The van der Waals surface area contributed by atoms with Crippen molar-refractivity contribution in [1.29, 1.82) is 0 Å². The van der Waals surface area contributed by atoms with Crippen LogP contribution in [-0.4, -0.2) is 67.0 Å². The van der Waals surface area contributed by atoms with E-state index in [2.05, 4.69) is 32.2 Å². The molecule has 12 heteroatoms. The molecule has 4 aromatic heterocycles. The van der Waals surface area contributed by atoms with Gasteiger partial charge >= 0.3 is 0 Å². The van der Waals surface area contributed by atoms with Crippen LogP contribution in [0.3, 0.4) is 0 Å². The summed E-state index contributed by atoms with van der Waals surface area (Å²) in [7, 11) is 3.71. The lowest BCUT2D eigenvalue weighted by Gasteiger charge is -2.33. The molecule has 1 fully saturated rings. The summed E-state index contributed by atoms with van der Waals surface area (Å²) < 4.78 is 19.6. The number of aryl methyl sites for hydroxylation is 3. The zero-order valence-corrected chi connectivity index (χ0v) is 25.3. The molecule has 0 unspecified atom stereocenters. The lowest BCUT2D eigenvalue weighted by atomic mass is 9.98. The number of nitrogens with zero attached hydrogens (tertiary/aromatic N) is 7. The average molecular weight is 611 g/mol. The standard InChI is InChI=1S/C33H35FN8O3/c1-38-9-11-40(12-10-38)24-7-8-31(35-17-24)37-27-13-22(18-39(2)32(27)44)25-15-23(34)16-29(26(25)19-43)42-33(45)30-14-21-5-3-4-6-28(21)41(30)20-36-42/h7-8,13-18,20,43H,3-6,9-12,19H2,1-2H3,(H,35,37). The zero-order chi connectivity index (χ0) is 31.2. The summed E-state index contributed by atoms with van der Waals surface area (Å²) >= 11 is 0. The van der Waals surface area contributed by atoms with E-state index in [9.17, 15) is 14.7 Å². The summed E-state index contributed by atoms with van der Waals surface area (Å²) in [6, 6.07) is 9.80. The molecule has 7 rings (SSSR count). The highest BCUT2D eigenvalue weighted by atomic mass is 19.1. The molecule has 5 heterocycles. The Morgan fingerprint density at radius 3 is 2.53 bits per heavy atom. The number of piperazine rings is 1. The molecule has 0 atom stereocenters. The lowest BCUT2D eigenvalue weighted by Crippen LogP contribution is -2.44. The van der Waals surface area contributed by atoms with Gasteiger partial charge < -0.3 is 24.8 Å². The Labute approximate surface area is 258 Å². The second-order valence-electron chi connectivity index (χ2n) is 11.9. The third kappa shape index (κ3) is 5.29. The molecule has 1 saturated heterocycles. The highest BCUT2D eigenvalue weighted by Gasteiger charge is 2.21. The lowest BCUT2D eigenvalue weighted by molar-refractivity contribution is 0.281. The highest BCUT2D eigenvalue weighted by molar-refractivity contribution is 5.74. The van der Waals surface area contributed by atoms with Gasteiger partial charge in [0, 0.05) is 62.3 Å². The Morgan fingerprint density at radius 1 is 0.978 bits per heavy atom. The molecule has 11 nitrogen and oxygen atoms in total. The van der Waals surface area contributed by atoms with Crippen molar-refractivity contribution in [2.75, 3.05) is 43.4 Å². The van der Waals surface area contributed by atoms with Crippen molar-refractivity contribution < 1.29 is 9.50 Å². The molecular weight excluding hydrogens is 575 g/mol. The Bertz CT molecular complexity index is 2020. The van der Waals surface area contributed by atoms with E-state index in [1.165, 1.54) is 16.7 Å². The van der Waals surface area contributed by atoms with Crippen molar-refractivity contribution >= 4 is 22.7 Å². The number of benzene rings is 1. The molecule has 0 radical (unpaired) electrons. The number of fused-ring (bicyclic) bond motifs is 3. The number of anilines is 3. The Morgan fingerprint density at radius 2 is 1.78 bits per heavy atom. The summed E-state index contributed by atoms with van der Waals surface area (Å²) in [5.74, 6) is -0.117. The van der Waals surface area contributed by atoms with E-state index in [0.29, 0.717) is 28.0 Å². The molecule has 1 aromatic carbocycles. The monoisotopic (exact) mass is 610 g/mol. The zero-order valence-electron chi connectivity index (χ0n) is 25.3. The van der Waals surface area contributed by atoms with Crippen molar-refractivity contribution in [2.45, 2.75) is 32.3 Å². The molecule has 0 saturated carbocycles. The van der Waals surface area contributed by atoms with Gasteiger partial charge in [0.1, 0.15) is 29.2 Å². The van der Waals surface area contributed by atoms with Crippen LogP contribution in [0.2, 0.25) is 0 Å². The summed E-state index contributed by atoms with van der Waals surface area (Å²) in [4.78, 5) is 35.9. The summed E-state index contributed by atoms with van der Waals surface area (Å²) in [6.45, 7) is 3.31. The average Bonchev–Trinajstić information content (AvgIpc) is 3.43. The number of rotatable bonds is 6. The van der Waals surface area contributed by atoms with Gasteiger partial charge in [0.2, 0.25) is 0 Å². The van der Waals surface area contributed by atoms with Crippen LogP contribution >= 0.6 is 0 Å². The fraction of sp³-hybridized carbons (Fsp3) is 0.333. The Hall–Kier alpha value is -4.81. The number of aliphatic hydroxyl groups is 1. The molecular formula is C33H35FN8O3. The Balaban J connectivity index is 1.25. The van der Waals surface area contributed by atoms with Gasteiger partial charge in [-0.1, -0.05) is 0 Å². The first kappa shape index (κ1) is 28.9. The minimum Gasteiger partial charge on any atom is -0.392 e. The van der Waals surface area contributed by atoms with Gasteiger partial charge in [-0.2, -0.15) is 9.78 Å². The first-order valence-corrected chi connectivity index (χ1v) is 15.2. The third-order valence-corrected chi connectivity index (χ3v) is 8.99. The number of likely N-dealkylation sites (N-methyl/N-ethyl adjacent to an activating group) is 1. The van der Waals surface area contributed by atoms with E-state index in [4.69, 9.17) is 0 Å². The second-order valence-corrected chi connectivity index (χ2v) is 11.9. The maximum atomic E-state index is 15.3. The normalized spacial score (nSPS) is 15.4. The summed E-state index contributed by atoms with van der Waals surface area (Å²) in [5.41, 5.74) is 4.51. The number of aromatic nitrogens is 5. The smallest absolute Gasteiger partial charge is 0.295 e. The van der Waals surface area contributed by atoms with Crippen LogP contribution in [0.1, 0.15) is 29.7 Å². The van der Waals surface area contributed by atoms with E-state index in [0.717, 1.165) is 73.5 Å². The molecule has 232 valence electrons. The second kappa shape index (κ2) is 11.6. The van der Waals surface area contributed by atoms with E-state index in [1.807, 2.05) is 22.6 Å². The minimum absolute atomic E-state index is 0.142. The minimum atomic E-state index is -0.607. The molecule has 2 N–H and O–H groups in total. The molecule has 2 aliphatic rings. The molecule has 1 aliphatic heterocycles. The van der Waals surface area contributed by atoms with Crippen molar-refractivity contribution in [1.82, 2.24) is 28.6 Å². The maximum Gasteiger partial charge on any atom is 0.295 e. The number of hydrogen-bond acceptors (Lipinski definition) is 8. The molecule has 0 bridgehead atoms. The van der Waals surface area contributed by atoms with E-state index in [-0.39, 0.29) is 16.9 Å². The van der Waals surface area contributed by atoms with Gasteiger partial charge in [0.15, 0.2) is 0 Å². The number of halogens is 1. The predicted octanol–water partition coefficient (Wildman–Crippen LogP) is 3.25. The van der Waals surface area contributed by atoms with Gasteiger partial charge in [0.25, 0.3) is 11.1 Å². The summed E-state index contributed by atoms with van der Waals surface area (Å²) in [5, 5.41) is 18.1. The molecule has 0 spiro atoms. The predicted molar refractivity (Wildman–Crippen MR) is 171 cm³/mol. The SMILES string of the molecule is CN1CCN(c2ccc(Nc3cc(-c4cc(F)cc(-n5ncn6c7c(cc6c5=O)CCCC7)c4CO)cn(C)c3=O)nc2)CC1. The van der Waals surface area contributed by atoms with Crippen molar-refractivity contribution in [3.8, 4) is 16.8 Å². The fourth-order valence-corrected chi connectivity index (χ4v) is 6.49. The molecule has 0 amide bonds. The van der Waals surface area contributed by atoms with E-state index < -0.39 is 18.0 Å². The Kier molecular flexibility index (Phi) is 7.46. The highest BCUT2D eigenvalue weighted by Crippen LogP contribution is 2.31.